The van der Waals surface area contributed by atoms with Gasteiger partial charge >= 0.3 is 0 Å². The molecule has 4 rings (SSSR count). The van der Waals surface area contributed by atoms with E-state index in [9.17, 15) is 9.90 Å². The van der Waals surface area contributed by atoms with Crippen LogP contribution in [0, 0.1) is 0 Å². The first-order valence-electron chi connectivity index (χ1n) is 9.01. The van der Waals surface area contributed by atoms with Crippen LogP contribution >= 0.6 is 0 Å². The molecular weight excluding hydrogens is 328 g/mol. The number of ketones is 1. The van der Waals surface area contributed by atoms with Crippen LogP contribution in [0.2, 0.25) is 0 Å². The molecule has 0 aromatic heterocycles. The number of hydrogen-bond acceptors (Lipinski definition) is 5. The molecule has 26 heavy (non-hydrogen) atoms. The summed E-state index contributed by atoms with van der Waals surface area (Å²) in [5, 5.41) is 11.0. The lowest BCUT2D eigenvalue weighted by Gasteiger charge is -2.29. The van der Waals surface area contributed by atoms with Crippen molar-refractivity contribution in [1.29, 1.82) is 0 Å². The molecule has 0 radical (unpaired) electrons. The van der Waals surface area contributed by atoms with Gasteiger partial charge in [0, 0.05) is 30.6 Å². The number of Topliss-reactive ketones (excluding diaryl/α,β-unsaturated/α-hetero) is 1. The second kappa shape index (κ2) is 5.55. The molecule has 1 aromatic rings. The summed E-state index contributed by atoms with van der Waals surface area (Å²) >= 11 is 0. The van der Waals surface area contributed by atoms with E-state index in [-0.39, 0.29) is 11.4 Å². The van der Waals surface area contributed by atoms with Gasteiger partial charge in [-0.3, -0.25) is 4.79 Å². The van der Waals surface area contributed by atoms with Crippen LogP contribution in [0.1, 0.15) is 40.5 Å². The van der Waals surface area contributed by atoms with Gasteiger partial charge in [0.05, 0.1) is 5.70 Å². The maximum Gasteiger partial charge on any atom is 0.204 e. The molecule has 1 N–H and O–H groups in total. The largest absolute Gasteiger partial charge is 0.488 e. The smallest absolute Gasteiger partial charge is 0.204 e. The van der Waals surface area contributed by atoms with Gasteiger partial charge in [-0.15, -0.1) is 0 Å². The van der Waals surface area contributed by atoms with Crippen molar-refractivity contribution in [3.05, 3.63) is 47.2 Å². The first kappa shape index (κ1) is 17.0. The quantitative estimate of drug-likeness (QED) is 0.886. The van der Waals surface area contributed by atoms with Crippen molar-refractivity contribution >= 4 is 17.3 Å². The van der Waals surface area contributed by atoms with Crippen molar-refractivity contribution in [3.63, 3.8) is 0 Å². The number of allylic oxidation sites excluding steroid dienone is 2. The van der Waals surface area contributed by atoms with Crippen molar-refractivity contribution < 1.29 is 14.6 Å². The molecule has 2 heterocycles. The fourth-order valence-corrected chi connectivity index (χ4v) is 3.77. The van der Waals surface area contributed by atoms with Gasteiger partial charge in [-0.2, -0.15) is 0 Å². The number of aliphatic hydroxyl groups is 1. The molecular formula is C21H24N2O3. The molecule has 1 unspecified atom stereocenters. The zero-order valence-corrected chi connectivity index (χ0v) is 15.7. The predicted octanol–water partition coefficient (Wildman–Crippen LogP) is 3.39. The van der Waals surface area contributed by atoms with Crippen molar-refractivity contribution in [1.82, 2.24) is 0 Å². The normalized spacial score (nSPS) is 25.1. The fourth-order valence-electron chi connectivity index (χ4n) is 3.77. The van der Waals surface area contributed by atoms with E-state index in [1.54, 1.807) is 0 Å². The van der Waals surface area contributed by atoms with Gasteiger partial charge in [-0.05, 0) is 52.0 Å². The van der Waals surface area contributed by atoms with Crippen LogP contribution in [0.4, 0.5) is 5.69 Å². The second-order valence-corrected chi connectivity index (χ2v) is 8.26. The maximum atomic E-state index is 12.9. The van der Waals surface area contributed by atoms with Crippen molar-refractivity contribution in [2.24, 2.45) is 4.99 Å². The molecule has 0 spiro atoms. The Morgan fingerprint density at radius 2 is 1.92 bits per heavy atom. The van der Waals surface area contributed by atoms with Gasteiger partial charge in [0.25, 0.3) is 0 Å². The Balaban J connectivity index is 1.65. The zero-order valence-electron chi connectivity index (χ0n) is 15.7. The molecule has 2 aliphatic heterocycles. The Hall–Kier alpha value is -2.40. The summed E-state index contributed by atoms with van der Waals surface area (Å²) in [7, 11) is 0. The van der Waals surface area contributed by atoms with Crippen LogP contribution in [0.15, 0.2) is 52.2 Å². The van der Waals surface area contributed by atoms with Gasteiger partial charge in [0.1, 0.15) is 17.2 Å². The highest BCUT2D eigenvalue weighted by Gasteiger charge is 2.53. The average molecular weight is 352 g/mol. The van der Waals surface area contributed by atoms with E-state index in [0.29, 0.717) is 30.8 Å². The topological polar surface area (TPSA) is 62.1 Å². The SMILES string of the molecule is CC1=CC2=C(C1)N=C1N(c3ccc(OC(C)(C)C)cc3)CCC1(O)C2=O. The van der Waals surface area contributed by atoms with Gasteiger partial charge < -0.3 is 14.7 Å². The van der Waals surface area contributed by atoms with Gasteiger partial charge in [0.15, 0.2) is 5.60 Å². The van der Waals surface area contributed by atoms with E-state index in [1.165, 1.54) is 0 Å². The number of carbonyl (C=O) groups excluding carboxylic acids is 1. The van der Waals surface area contributed by atoms with Crippen LogP contribution in [-0.4, -0.2) is 34.5 Å². The second-order valence-electron chi connectivity index (χ2n) is 8.26. The monoisotopic (exact) mass is 352 g/mol. The summed E-state index contributed by atoms with van der Waals surface area (Å²) in [6.45, 7) is 8.56. The number of ether oxygens (including phenoxy) is 1. The highest BCUT2D eigenvalue weighted by Crippen LogP contribution is 2.40. The maximum absolute atomic E-state index is 12.9. The fraction of sp³-hybridized carbons (Fsp3) is 0.429. The summed E-state index contributed by atoms with van der Waals surface area (Å²) in [6.07, 6.45) is 2.89. The Morgan fingerprint density at radius 1 is 1.23 bits per heavy atom. The number of rotatable bonds is 2. The van der Waals surface area contributed by atoms with E-state index in [2.05, 4.69) is 4.99 Å². The molecule has 1 aliphatic carbocycles. The number of benzene rings is 1. The molecule has 5 heteroatoms. The van der Waals surface area contributed by atoms with E-state index in [4.69, 9.17) is 4.74 Å². The third-order valence-corrected chi connectivity index (χ3v) is 4.90. The number of anilines is 1. The molecule has 1 saturated heterocycles. The summed E-state index contributed by atoms with van der Waals surface area (Å²) < 4.78 is 5.86. The molecule has 3 aliphatic rings. The molecule has 0 bridgehead atoms. The third kappa shape index (κ3) is 2.67. The molecule has 0 amide bonds. The van der Waals surface area contributed by atoms with Crippen molar-refractivity contribution in [2.75, 3.05) is 11.4 Å². The summed E-state index contributed by atoms with van der Waals surface area (Å²) in [4.78, 5) is 19.5. The molecule has 1 atom stereocenters. The van der Waals surface area contributed by atoms with Gasteiger partial charge in [-0.25, -0.2) is 4.99 Å². The minimum absolute atomic E-state index is 0.218. The van der Waals surface area contributed by atoms with Crippen LogP contribution in [0.25, 0.3) is 0 Å². The standard InChI is InChI=1S/C21H24N2O3/c1-13-11-16-17(12-13)22-19-21(25,18(16)24)9-10-23(19)14-5-7-15(8-6-14)26-20(2,3)4/h5-8,11,25H,9-10,12H2,1-4H3. The number of amidine groups is 1. The van der Waals surface area contributed by atoms with Crippen molar-refractivity contribution in [3.8, 4) is 5.75 Å². The lowest BCUT2D eigenvalue weighted by Crippen LogP contribution is -2.49. The summed E-state index contributed by atoms with van der Waals surface area (Å²) in [6, 6.07) is 7.72. The number of aliphatic imine (C=N–C) groups is 1. The van der Waals surface area contributed by atoms with Crippen LogP contribution in [0.3, 0.4) is 0 Å². The first-order valence-corrected chi connectivity index (χ1v) is 9.01. The molecule has 136 valence electrons. The summed E-state index contributed by atoms with van der Waals surface area (Å²) in [5.74, 6) is 1.02. The molecule has 5 nitrogen and oxygen atoms in total. The highest BCUT2D eigenvalue weighted by molar-refractivity contribution is 6.27. The molecule has 1 aromatic carbocycles. The van der Waals surface area contributed by atoms with Gasteiger partial charge in [-0.1, -0.05) is 11.6 Å². The third-order valence-electron chi connectivity index (χ3n) is 4.90. The van der Waals surface area contributed by atoms with E-state index in [0.717, 1.165) is 22.7 Å². The van der Waals surface area contributed by atoms with Crippen molar-refractivity contribution in [2.45, 2.75) is 51.7 Å². The number of nitrogens with zero attached hydrogens (tertiary/aromatic N) is 2. The number of fused-ring (bicyclic) bond motifs is 1. The highest BCUT2D eigenvalue weighted by atomic mass is 16.5. The Kier molecular flexibility index (Phi) is 3.63. The van der Waals surface area contributed by atoms with E-state index >= 15 is 0 Å². The Labute approximate surface area is 153 Å². The van der Waals surface area contributed by atoms with E-state index < -0.39 is 5.60 Å². The Morgan fingerprint density at radius 3 is 2.58 bits per heavy atom. The van der Waals surface area contributed by atoms with Gasteiger partial charge in [0.2, 0.25) is 5.78 Å². The lowest BCUT2D eigenvalue weighted by molar-refractivity contribution is -0.126. The lowest BCUT2D eigenvalue weighted by atomic mass is 9.88. The Bertz CT molecular complexity index is 872. The molecule has 1 fully saturated rings. The first-order chi connectivity index (χ1) is 12.2. The summed E-state index contributed by atoms with van der Waals surface area (Å²) in [5.41, 5.74) is 1.58. The minimum atomic E-state index is -1.51. The predicted molar refractivity (Wildman–Crippen MR) is 102 cm³/mol. The van der Waals surface area contributed by atoms with Crippen LogP contribution in [-0.2, 0) is 4.79 Å². The number of carbonyl (C=O) groups is 1. The average Bonchev–Trinajstić information content (AvgIpc) is 3.08. The molecule has 0 saturated carbocycles. The van der Waals surface area contributed by atoms with Crippen LogP contribution < -0.4 is 9.64 Å². The van der Waals surface area contributed by atoms with Crippen LogP contribution in [0.5, 0.6) is 5.75 Å². The van der Waals surface area contributed by atoms with E-state index in [1.807, 2.05) is 62.9 Å². The minimum Gasteiger partial charge on any atom is -0.488 e. The number of hydrogen-bond donors (Lipinski definition) is 1. The zero-order chi connectivity index (χ0) is 18.7.